The first kappa shape index (κ1) is 19.7. The molecule has 6 nitrogen and oxygen atoms in total. The highest BCUT2D eigenvalue weighted by atomic mass is 16.6. The Bertz CT molecular complexity index is 577. The van der Waals surface area contributed by atoms with E-state index in [9.17, 15) is 14.7 Å². The van der Waals surface area contributed by atoms with Crippen molar-refractivity contribution in [3.63, 3.8) is 0 Å². The number of aliphatic hydroxyl groups is 1. The van der Waals surface area contributed by atoms with Gasteiger partial charge >= 0.3 is 12.1 Å². The van der Waals surface area contributed by atoms with Crippen LogP contribution in [-0.4, -0.2) is 42.0 Å². The Balaban J connectivity index is 2.92. The zero-order valence-electron chi connectivity index (χ0n) is 14.5. The number of aliphatic hydroxyl groups excluding tert-OH is 1. The van der Waals surface area contributed by atoms with E-state index in [2.05, 4.69) is 16.6 Å². The van der Waals surface area contributed by atoms with Gasteiger partial charge in [-0.1, -0.05) is 36.9 Å². The van der Waals surface area contributed by atoms with Crippen molar-refractivity contribution in [2.45, 2.75) is 44.9 Å². The molecule has 2 N–H and O–H groups in total. The molecule has 0 saturated heterocycles. The number of alkyl carbamates (subject to hydrolysis) is 1. The van der Waals surface area contributed by atoms with Crippen molar-refractivity contribution in [2.24, 2.45) is 0 Å². The molecule has 0 aliphatic rings. The molecule has 1 amide bonds. The number of hydrogen-bond donors (Lipinski definition) is 2. The van der Waals surface area contributed by atoms with Crippen molar-refractivity contribution >= 4 is 12.1 Å². The Labute approximate surface area is 142 Å². The molecule has 0 heterocycles. The molecule has 0 aliphatic heterocycles. The number of benzene rings is 1. The summed E-state index contributed by atoms with van der Waals surface area (Å²) in [5.41, 5.74) is 0.0795. The van der Waals surface area contributed by atoms with Crippen LogP contribution in [0.25, 0.3) is 0 Å². The van der Waals surface area contributed by atoms with Gasteiger partial charge in [0.15, 0.2) is 0 Å². The summed E-state index contributed by atoms with van der Waals surface area (Å²) in [5, 5.41) is 13.0. The maximum Gasteiger partial charge on any atom is 0.407 e. The number of carbonyl (C=O) groups is 2. The third-order valence-electron chi connectivity index (χ3n) is 3.19. The summed E-state index contributed by atoms with van der Waals surface area (Å²) in [7, 11) is 1.20. The van der Waals surface area contributed by atoms with Gasteiger partial charge < -0.3 is 19.9 Å². The maximum absolute atomic E-state index is 12.0. The fourth-order valence-corrected chi connectivity index (χ4v) is 2.06. The molecule has 0 radical (unpaired) electrons. The third kappa shape index (κ3) is 6.42. The van der Waals surface area contributed by atoms with Gasteiger partial charge in [-0.3, -0.25) is 0 Å². The van der Waals surface area contributed by atoms with Crippen LogP contribution in [0.15, 0.2) is 42.5 Å². The van der Waals surface area contributed by atoms with Crippen LogP contribution >= 0.6 is 0 Å². The van der Waals surface area contributed by atoms with Crippen LogP contribution in [0, 0.1) is 0 Å². The average molecular weight is 335 g/mol. The van der Waals surface area contributed by atoms with Gasteiger partial charge in [-0.05, 0) is 32.8 Å². The van der Waals surface area contributed by atoms with Crippen molar-refractivity contribution in [3.05, 3.63) is 48.0 Å². The molecule has 132 valence electrons. The Kier molecular flexibility index (Phi) is 6.97. The van der Waals surface area contributed by atoms with Gasteiger partial charge in [0.1, 0.15) is 11.7 Å². The molecule has 0 fully saturated rings. The van der Waals surface area contributed by atoms with E-state index in [1.54, 1.807) is 20.8 Å². The Morgan fingerprint density at radius 2 is 1.83 bits per heavy atom. The Morgan fingerprint density at radius 3 is 2.33 bits per heavy atom. The minimum absolute atomic E-state index is 0.130. The molecule has 24 heavy (non-hydrogen) atoms. The molecular formula is C18H25NO5. The molecule has 0 saturated carbocycles. The van der Waals surface area contributed by atoms with Crippen LogP contribution < -0.4 is 5.32 Å². The molecule has 0 bridgehead atoms. The smallest absolute Gasteiger partial charge is 0.407 e. The van der Waals surface area contributed by atoms with Gasteiger partial charge in [0.25, 0.3) is 0 Å². The predicted octanol–water partition coefficient (Wildman–Crippen LogP) is 2.21. The number of carbonyl (C=O) groups excluding carboxylic acids is 2. The maximum atomic E-state index is 12.0. The summed E-state index contributed by atoms with van der Waals surface area (Å²) in [5.74, 6) is -0.730. The lowest BCUT2D eigenvalue weighted by atomic mass is 9.97. The largest absolute Gasteiger partial charge is 0.466 e. The zero-order chi connectivity index (χ0) is 18.3. The second kappa shape index (κ2) is 8.49. The quantitative estimate of drug-likeness (QED) is 0.615. The third-order valence-corrected chi connectivity index (χ3v) is 3.19. The molecule has 1 rings (SSSR count). The highest BCUT2D eigenvalue weighted by Crippen LogP contribution is 2.14. The van der Waals surface area contributed by atoms with E-state index in [-0.39, 0.29) is 5.57 Å². The summed E-state index contributed by atoms with van der Waals surface area (Å²) in [6.45, 7) is 8.77. The first-order valence-electron chi connectivity index (χ1n) is 7.62. The number of methoxy groups -OCH3 is 1. The first-order chi connectivity index (χ1) is 11.1. The van der Waals surface area contributed by atoms with Gasteiger partial charge in [-0.25, -0.2) is 9.59 Å². The second-order valence-corrected chi connectivity index (χ2v) is 6.40. The Hall–Kier alpha value is -2.34. The molecule has 2 atom stereocenters. The van der Waals surface area contributed by atoms with Crippen LogP contribution in [0.1, 0.15) is 26.3 Å². The van der Waals surface area contributed by atoms with E-state index in [1.165, 1.54) is 7.11 Å². The number of amides is 1. The minimum atomic E-state index is -1.30. The van der Waals surface area contributed by atoms with Crippen molar-refractivity contribution in [1.29, 1.82) is 0 Å². The molecular weight excluding hydrogens is 310 g/mol. The SMILES string of the molecule is C=C(C(=O)OC)[C@H](O)[C@H](Cc1ccccc1)NC(=O)OC(C)(C)C. The topological polar surface area (TPSA) is 84.9 Å². The summed E-state index contributed by atoms with van der Waals surface area (Å²) in [4.78, 5) is 23.6. The standard InChI is InChI=1S/C18H25NO5/c1-12(16(21)23-5)15(20)14(11-13-9-7-6-8-10-13)19-17(22)24-18(2,3)4/h6-10,14-15,20H,1,11H2,2-5H3,(H,19,22)/t14-,15-/m0/s1. The number of nitrogens with one attached hydrogen (secondary N) is 1. The van der Waals surface area contributed by atoms with E-state index >= 15 is 0 Å². The van der Waals surface area contributed by atoms with Crippen molar-refractivity contribution in [3.8, 4) is 0 Å². The molecule has 0 spiro atoms. The van der Waals surface area contributed by atoms with E-state index in [0.29, 0.717) is 6.42 Å². The lowest BCUT2D eigenvalue weighted by Gasteiger charge is -2.27. The van der Waals surface area contributed by atoms with Gasteiger partial charge in [-0.2, -0.15) is 0 Å². The molecule has 0 unspecified atom stereocenters. The number of hydrogen-bond acceptors (Lipinski definition) is 5. The minimum Gasteiger partial charge on any atom is -0.466 e. The van der Waals surface area contributed by atoms with Gasteiger partial charge in [0.05, 0.1) is 18.7 Å². The van der Waals surface area contributed by atoms with Gasteiger partial charge in [0.2, 0.25) is 0 Å². The fraction of sp³-hybridized carbons (Fsp3) is 0.444. The van der Waals surface area contributed by atoms with Crippen LogP contribution in [0.3, 0.4) is 0 Å². The highest BCUT2D eigenvalue weighted by molar-refractivity contribution is 5.89. The molecule has 6 heteroatoms. The predicted molar refractivity (Wildman–Crippen MR) is 90.5 cm³/mol. The molecule has 0 aromatic heterocycles. The van der Waals surface area contributed by atoms with Crippen LogP contribution in [0.5, 0.6) is 0 Å². The number of esters is 1. The molecule has 0 aliphatic carbocycles. The normalized spacial score (nSPS) is 13.5. The fourth-order valence-electron chi connectivity index (χ4n) is 2.06. The van der Waals surface area contributed by atoms with E-state index < -0.39 is 29.8 Å². The molecule has 1 aromatic rings. The summed E-state index contributed by atoms with van der Waals surface area (Å²) < 4.78 is 9.79. The average Bonchev–Trinajstić information content (AvgIpc) is 2.51. The van der Waals surface area contributed by atoms with Gasteiger partial charge in [-0.15, -0.1) is 0 Å². The summed E-state index contributed by atoms with van der Waals surface area (Å²) >= 11 is 0. The van der Waals surface area contributed by atoms with Crippen molar-refractivity contribution in [1.82, 2.24) is 5.32 Å². The zero-order valence-corrected chi connectivity index (χ0v) is 14.5. The molecule has 1 aromatic carbocycles. The lowest BCUT2D eigenvalue weighted by Crippen LogP contribution is -2.48. The van der Waals surface area contributed by atoms with E-state index in [0.717, 1.165) is 5.56 Å². The van der Waals surface area contributed by atoms with Gasteiger partial charge in [0, 0.05) is 0 Å². The number of rotatable bonds is 6. The second-order valence-electron chi connectivity index (χ2n) is 6.40. The van der Waals surface area contributed by atoms with Crippen molar-refractivity contribution < 1.29 is 24.2 Å². The Morgan fingerprint density at radius 1 is 1.25 bits per heavy atom. The van der Waals surface area contributed by atoms with E-state index in [4.69, 9.17) is 4.74 Å². The van der Waals surface area contributed by atoms with Crippen LogP contribution in [0.4, 0.5) is 4.79 Å². The number of ether oxygens (including phenoxy) is 2. The lowest BCUT2D eigenvalue weighted by molar-refractivity contribution is -0.137. The van der Waals surface area contributed by atoms with E-state index in [1.807, 2.05) is 30.3 Å². The first-order valence-corrected chi connectivity index (χ1v) is 7.62. The summed E-state index contributed by atoms with van der Waals surface area (Å²) in [6, 6.07) is 8.50. The monoisotopic (exact) mass is 335 g/mol. The van der Waals surface area contributed by atoms with Crippen molar-refractivity contribution in [2.75, 3.05) is 7.11 Å². The van der Waals surface area contributed by atoms with Crippen LogP contribution in [-0.2, 0) is 20.7 Å². The highest BCUT2D eigenvalue weighted by Gasteiger charge is 2.29. The van der Waals surface area contributed by atoms with Crippen LogP contribution in [0.2, 0.25) is 0 Å². The summed E-state index contributed by atoms with van der Waals surface area (Å²) in [6.07, 6.45) is -1.68.